The van der Waals surface area contributed by atoms with E-state index in [-0.39, 0.29) is 11.7 Å². The van der Waals surface area contributed by atoms with Crippen LogP contribution in [0.3, 0.4) is 0 Å². The van der Waals surface area contributed by atoms with Crippen LogP contribution in [-0.2, 0) is 7.05 Å². The predicted octanol–water partition coefficient (Wildman–Crippen LogP) is 3.15. The van der Waals surface area contributed by atoms with Gasteiger partial charge in [-0.1, -0.05) is 19.8 Å². The number of aromatic nitrogens is 2. The largest absolute Gasteiger partial charge is 0.351 e. The van der Waals surface area contributed by atoms with Gasteiger partial charge in [-0.15, -0.1) is 0 Å². The third-order valence-electron chi connectivity index (χ3n) is 3.32. The third kappa shape index (κ3) is 3.90. The number of carbonyl (C=O) groups excluding carboxylic acids is 1. The van der Waals surface area contributed by atoms with Gasteiger partial charge in [-0.2, -0.15) is 5.10 Å². The normalized spacial score (nSPS) is 10.6. The maximum atomic E-state index is 12.9. The van der Waals surface area contributed by atoms with Gasteiger partial charge in [-0.05, 0) is 36.8 Å². The standard InChI is InChI=1S/C16H20FN3O/c1-3-4-5-10-18-16(21)15-11-14(19-20(15)2)12-6-8-13(17)9-7-12/h6-9,11H,3-5,10H2,1-2H3,(H,18,21). The maximum Gasteiger partial charge on any atom is 0.269 e. The van der Waals surface area contributed by atoms with Crippen LogP contribution in [0.15, 0.2) is 30.3 Å². The Morgan fingerprint density at radius 2 is 2.00 bits per heavy atom. The van der Waals surface area contributed by atoms with Crippen molar-refractivity contribution >= 4 is 5.91 Å². The number of nitrogens with zero attached hydrogens (tertiary/aromatic N) is 2. The molecule has 0 aliphatic heterocycles. The monoisotopic (exact) mass is 289 g/mol. The second-order valence-corrected chi connectivity index (χ2v) is 5.01. The molecule has 1 amide bonds. The van der Waals surface area contributed by atoms with Crippen LogP contribution in [0, 0.1) is 5.82 Å². The highest BCUT2D eigenvalue weighted by molar-refractivity contribution is 5.93. The topological polar surface area (TPSA) is 46.9 Å². The average Bonchev–Trinajstić information content (AvgIpc) is 2.86. The predicted molar refractivity (Wildman–Crippen MR) is 80.5 cm³/mol. The van der Waals surface area contributed by atoms with E-state index >= 15 is 0 Å². The summed E-state index contributed by atoms with van der Waals surface area (Å²) in [5.74, 6) is -0.418. The van der Waals surface area contributed by atoms with Gasteiger partial charge < -0.3 is 5.32 Å². The Balaban J connectivity index is 2.08. The molecule has 0 saturated heterocycles. The van der Waals surface area contributed by atoms with Gasteiger partial charge in [0.05, 0.1) is 5.69 Å². The van der Waals surface area contributed by atoms with Crippen molar-refractivity contribution in [2.45, 2.75) is 26.2 Å². The summed E-state index contributed by atoms with van der Waals surface area (Å²) in [7, 11) is 1.73. The van der Waals surface area contributed by atoms with Crippen molar-refractivity contribution in [2.75, 3.05) is 6.54 Å². The van der Waals surface area contributed by atoms with E-state index in [4.69, 9.17) is 0 Å². The number of unbranched alkanes of at least 4 members (excludes halogenated alkanes) is 2. The van der Waals surface area contributed by atoms with Crippen LogP contribution in [0.2, 0.25) is 0 Å². The summed E-state index contributed by atoms with van der Waals surface area (Å²) in [6.07, 6.45) is 3.20. The van der Waals surface area contributed by atoms with E-state index in [2.05, 4.69) is 17.3 Å². The molecule has 1 heterocycles. The smallest absolute Gasteiger partial charge is 0.269 e. The first kappa shape index (κ1) is 15.2. The molecular formula is C16H20FN3O. The van der Waals surface area contributed by atoms with Crippen LogP contribution in [0.4, 0.5) is 4.39 Å². The average molecular weight is 289 g/mol. The second kappa shape index (κ2) is 7.02. The van der Waals surface area contributed by atoms with Gasteiger partial charge in [0.2, 0.25) is 0 Å². The fourth-order valence-corrected chi connectivity index (χ4v) is 2.11. The van der Waals surface area contributed by atoms with Crippen molar-refractivity contribution in [1.29, 1.82) is 0 Å². The molecule has 2 aromatic rings. The summed E-state index contributed by atoms with van der Waals surface area (Å²) < 4.78 is 14.5. The first-order valence-corrected chi connectivity index (χ1v) is 7.20. The molecule has 2 rings (SSSR count). The number of benzene rings is 1. The molecule has 1 aromatic carbocycles. The van der Waals surface area contributed by atoms with E-state index in [1.807, 2.05) is 0 Å². The zero-order chi connectivity index (χ0) is 15.2. The Morgan fingerprint density at radius 3 is 2.67 bits per heavy atom. The van der Waals surface area contributed by atoms with Gasteiger partial charge in [-0.25, -0.2) is 4.39 Å². The number of nitrogens with one attached hydrogen (secondary N) is 1. The fourth-order valence-electron chi connectivity index (χ4n) is 2.11. The lowest BCUT2D eigenvalue weighted by atomic mass is 10.1. The molecule has 0 radical (unpaired) electrons. The summed E-state index contributed by atoms with van der Waals surface area (Å²) in [5, 5.41) is 7.20. The first-order chi connectivity index (χ1) is 10.1. The molecule has 0 bridgehead atoms. The minimum atomic E-state index is -0.288. The molecule has 0 aliphatic carbocycles. The van der Waals surface area contributed by atoms with Crippen molar-refractivity contribution in [3.63, 3.8) is 0 Å². The third-order valence-corrected chi connectivity index (χ3v) is 3.32. The molecule has 0 aliphatic rings. The first-order valence-electron chi connectivity index (χ1n) is 7.20. The SMILES string of the molecule is CCCCCNC(=O)c1cc(-c2ccc(F)cc2)nn1C. The molecule has 0 fully saturated rings. The highest BCUT2D eigenvalue weighted by Crippen LogP contribution is 2.19. The number of rotatable bonds is 6. The molecule has 5 heteroatoms. The van der Waals surface area contributed by atoms with Crippen molar-refractivity contribution < 1.29 is 9.18 Å². The number of hydrogen-bond donors (Lipinski definition) is 1. The van der Waals surface area contributed by atoms with E-state index in [0.717, 1.165) is 24.8 Å². The number of aryl methyl sites for hydroxylation is 1. The molecular weight excluding hydrogens is 269 g/mol. The van der Waals surface area contributed by atoms with E-state index in [1.54, 1.807) is 29.9 Å². The highest BCUT2D eigenvalue weighted by Gasteiger charge is 2.13. The van der Waals surface area contributed by atoms with Gasteiger partial charge in [0.1, 0.15) is 11.5 Å². The summed E-state index contributed by atoms with van der Waals surface area (Å²) in [5.41, 5.74) is 1.96. The Bertz CT molecular complexity index is 604. The summed E-state index contributed by atoms with van der Waals surface area (Å²) in [6, 6.07) is 7.80. The Labute approximate surface area is 124 Å². The van der Waals surface area contributed by atoms with Crippen molar-refractivity contribution in [2.24, 2.45) is 7.05 Å². The summed E-state index contributed by atoms with van der Waals surface area (Å²) in [4.78, 5) is 12.1. The highest BCUT2D eigenvalue weighted by atomic mass is 19.1. The Hall–Kier alpha value is -2.17. The van der Waals surface area contributed by atoms with E-state index in [1.165, 1.54) is 12.1 Å². The number of amides is 1. The van der Waals surface area contributed by atoms with Crippen LogP contribution in [0.5, 0.6) is 0 Å². The van der Waals surface area contributed by atoms with Gasteiger partial charge in [0.25, 0.3) is 5.91 Å². The molecule has 0 atom stereocenters. The fraction of sp³-hybridized carbons (Fsp3) is 0.375. The van der Waals surface area contributed by atoms with Crippen molar-refractivity contribution in [3.05, 3.63) is 41.8 Å². The minimum Gasteiger partial charge on any atom is -0.351 e. The Morgan fingerprint density at radius 1 is 1.29 bits per heavy atom. The quantitative estimate of drug-likeness (QED) is 0.830. The van der Waals surface area contributed by atoms with Gasteiger partial charge in [0.15, 0.2) is 0 Å². The van der Waals surface area contributed by atoms with E-state index < -0.39 is 0 Å². The van der Waals surface area contributed by atoms with Crippen molar-refractivity contribution in [1.82, 2.24) is 15.1 Å². The molecule has 1 aromatic heterocycles. The lowest BCUT2D eigenvalue weighted by molar-refractivity contribution is 0.0943. The Kier molecular flexibility index (Phi) is 5.09. The van der Waals surface area contributed by atoms with Crippen LogP contribution in [-0.4, -0.2) is 22.2 Å². The van der Waals surface area contributed by atoms with Crippen LogP contribution < -0.4 is 5.32 Å². The van der Waals surface area contributed by atoms with Crippen LogP contribution in [0.25, 0.3) is 11.3 Å². The number of halogens is 1. The van der Waals surface area contributed by atoms with Gasteiger partial charge in [-0.3, -0.25) is 9.48 Å². The molecule has 4 nitrogen and oxygen atoms in total. The lowest BCUT2D eigenvalue weighted by Gasteiger charge is -2.04. The van der Waals surface area contributed by atoms with Crippen molar-refractivity contribution in [3.8, 4) is 11.3 Å². The van der Waals surface area contributed by atoms with Crippen LogP contribution >= 0.6 is 0 Å². The second-order valence-electron chi connectivity index (χ2n) is 5.01. The lowest BCUT2D eigenvalue weighted by Crippen LogP contribution is -2.26. The van der Waals surface area contributed by atoms with Gasteiger partial charge in [0, 0.05) is 19.2 Å². The summed E-state index contributed by atoms with van der Waals surface area (Å²) >= 11 is 0. The zero-order valence-electron chi connectivity index (χ0n) is 12.4. The number of hydrogen-bond acceptors (Lipinski definition) is 2. The minimum absolute atomic E-state index is 0.130. The molecule has 112 valence electrons. The molecule has 0 spiro atoms. The number of carbonyl (C=O) groups is 1. The van der Waals surface area contributed by atoms with Gasteiger partial charge >= 0.3 is 0 Å². The van der Waals surface area contributed by atoms with E-state index in [0.29, 0.717) is 17.9 Å². The van der Waals surface area contributed by atoms with Crippen LogP contribution in [0.1, 0.15) is 36.7 Å². The zero-order valence-corrected chi connectivity index (χ0v) is 12.4. The summed E-state index contributed by atoms with van der Waals surface area (Å²) in [6.45, 7) is 2.79. The molecule has 21 heavy (non-hydrogen) atoms. The molecule has 1 N–H and O–H groups in total. The molecule has 0 unspecified atom stereocenters. The maximum absolute atomic E-state index is 12.9. The molecule has 0 saturated carbocycles. The van der Waals surface area contributed by atoms with E-state index in [9.17, 15) is 9.18 Å².